The Hall–Kier alpha value is -0.654. The van der Waals surface area contributed by atoms with E-state index in [1.807, 2.05) is 0 Å². The van der Waals surface area contributed by atoms with E-state index in [1.165, 1.54) is 25.7 Å². The Labute approximate surface area is 200 Å². The molecule has 0 aromatic heterocycles. The molecule has 2 aromatic rings. The fourth-order valence-corrected chi connectivity index (χ4v) is 52.6. The van der Waals surface area contributed by atoms with Crippen molar-refractivity contribution in [2.45, 2.75) is 81.4 Å². The van der Waals surface area contributed by atoms with E-state index in [4.69, 9.17) is 0 Å². The first kappa shape index (κ1) is 24.5. The molecule has 2 heteroatoms. The number of rotatable bonds is 7. The molecule has 2 atom stereocenters. The van der Waals surface area contributed by atoms with E-state index >= 15 is 0 Å². The first-order chi connectivity index (χ1) is 15.2. The third-order valence-corrected chi connectivity index (χ3v) is 84.7. The molecule has 32 heavy (non-hydrogen) atoms. The molecule has 2 unspecified atom stereocenters. The van der Waals surface area contributed by atoms with Crippen LogP contribution in [0.25, 0.3) is 11.1 Å². The minimum absolute atomic E-state index is 0.711. The summed E-state index contributed by atoms with van der Waals surface area (Å²) in [6.45, 7) is 9.73. The number of benzene rings is 2. The van der Waals surface area contributed by atoms with Crippen LogP contribution in [0.2, 0.25) is 20.8 Å². The van der Waals surface area contributed by atoms with Crippen molar-refractivity contribution in [2.24, 2.45) is 0 Å². The molecule has 0 fully saturated rings. The van der Waals surface area contributed by atoms with Gasteiger partial charge in [-0.3, -0.25) is 0 Å². The van der Waals surface area contributed by atoms with Gasteiger partial charge in [-0.05, 0) is 0 Å². The van der Waals surface area contributed by atoms with Crippen LogP contribution in [0.1, 0.15) is 82.9 Å². The maximum absolute atomic E-state index is 3.38. The predicted octanol–water partition coefficient (Wildman–Crippen LogP) is 9.41. The second kappa shape index (κ2) is 8.85. The van der Waals surface area contributed by atoms with Crippen LogP contribution in [0, 0.1) is 0 Å². The summed E-state index contributed by atoms with van der Waals surface area (Å²) in [6, 6.07) is 19.0. The maximum atomic E-state index is 2.91. The van der Waals surface area contributed by atoms with Crippen LogP contribution in [0.3, 0.4) is 0 Å². The zero-order chi connectivity index (χ0) is 23.3. The Kier molecular flexibility index (Phi) is 6.77. The normalized spacial score (nSPS) is 21.7. The van der Waals surface area contributed by atoms with E-state index in [2.05, 4.69) is 97.0 Å². The molecule has 2 aliphatic carbocycles. The summed E-state index contributed by atoms with van der Waals surface area (Å²) in [5.74, 6) is 5.50. The zero-order valence-electron chi connectivity index (χ0n) is 21.7. The molecule has 0 heterocycles. The summed E-state index contributed by atoms with van der Waals surface area (Å²) in [5, 5.41) is 0. The van der Waals surface area contributed by atoms with Gasteiger partial charge in [-0.1, -0.05) is 0 Å². The molecular weight excluding hydrogens is 524 g/mol. The van der Waals surface area contributed by atoms with Gasteiger partial charge in [-0.2, -0.15) is 0 Å². The van der Waals surface area contributed by atoms with Crippen LogP contribution in [0.15, 0.2) is 59.7 Å². The predicted molar refractivity (Wildman–Crippen MR) is 144 cm³/mol. The molecule has 0 spiro atoms. The Morgan fingerprint density at radius 2 is 1.06 bits per heavy atom. The van der Waals surface area contributed by atoms with Crippen molar-refractivity contribution < 1.29 is 16.3 Å². The molecule has 2 aromatic carbocycles. The van der Waals surface area contributed by atoms with Crippen LogP contribution in [-0.4, -0.2) is 10.6 Å². The first-order valence-corrected chi connectivity index (χ1v) is 34.1. The summed E-state index contributed by atoms with van der Waals surface area (Å²) in [4.78, 5) is 0. The van der Waals surface area contributed by atoms with Crippen LogP contribution in [0.5, 0.6) is 0 Å². The Morgan fingerprint density at radius 1 is 0.688 bits per heavy atom. The van der Waals surface area contributed by atoms with E-state index < -0.39 is 26.8 Å². The molecule has 0 nitrogen and oxygen atoms in total. The van der Waals surface area contributed by atoms with Crippen molar-refractivity contribution in [1.82, 2.24) is 0 Å². The fourth-order valence-electron chi connectivity index (χ4n) is 7.63. The molecule has 4 rings (SSSR count). The first-order valence-electron chi connectivity index (χ1n) is 13.0. The fraction of sp³-hybridized carbons (Fsp3) is 0.467. The van der Waals surface area contributed by atoms with Gasteiger partial charge in [0.05, 0.1) is 0 Å². The number of allylic oxidation sites excluding steroid dienone is 4. The van der Waals surface area contributed by atoms with Gasteiger partial charge < -0.3 is 0 Å². The number of hydrogen-bond donors (Lipinski definition) is 0. The molecule has 0 N–H and O–H groups in total. The van der Waals surface area contributed by atoms with E-state index in [0.717, 1.165) is 0 Å². The van der Waals surface area contributed by atoms with Gasteiger partial charge in [0.25, 0.3) is 0 Å². The zero-order valence-corrected chi connectivity index (χ0v) is 26.6. The van der Waals surface area contributed by atoms with Crippen LogP contribution in [0.4, 0.5) is 0 Å². The van der Waals surface area contributed by atoms with Crippen LogP contribution >= 0.6 is 0 Å². The molecule has 0 saturated heterocycles. The third-order valence-electron chi connectivity index (χ3n) is 9.65. The van der Waals surface area contributed by atoms with Gasteiger partial charge >= 0.3 is 201 Å². The average molecular weight is 568 g/mol. The van der Waals surface area contributed by atoms with Crippen molar-refractivity contribution in [3.05, 3.63) is 81.9 Å². The van der Waals surface area contributed by atoms with E-state index in [-0.39, 0.29) is 0 Å². The van der Waals surface area contributed by atoms with Gasteiger partial charge in [-0.25, -0.2) is 0 Å². The molecule has 0 bridgehead atoms. The van der Waals surface area contributed by atoms with Gasteiger partial charge in [0, 0.05) is 0 Å². The molecule has 171 valence electrons. The van der Waals surface area contributed by atoms with E-state index in [1.54, 1.807) is 44.5 Å². The standard InChI is InChI=1S/2C13H15.C2H7Ge.2CH3.Zr/c2*1-3-6-12-10(2)9-11-7-4-5-8-13(11)12;1-3-2;;;/h2*4-5,7-9H,3,6H2,1-2H3;3H,1-2H3;2*1H3;. The van der Waals surface area contributed by atoms with Crippen molar-refractivity contribution in [2.75, 3.05) is 0 Å². The van der Waals surface area contributed by atoms with Gasteiger partial charge in [0.1, 0.15) is 0 Å². The SMILES string of the molecule is CCCC1=C(C)[CH]([Zr]([CH3])([CH3])([CH]2C(C)=C(CCC)c3ccccc32)[GeH]([CH3])[CH3])c2ccccc21. The van der Waals surface area contributed by atoms with Crippen molar-refractivity contribution in [3.63, 3.8) is 0 Å². The minimum atomic E-state index is -3.38. The number of hydrogen-bond acceptors (Lipinski definition) is 0. The number of fused-ring (bicyclic) bond motifs is 2. The second-order valence-electron chi connectivity index (χ2n) is 11.8. The van der Waals surface area contributed by atoms with Crippen molar-refractivity contribution in [3.8, 4) is 0 Å². The average Bonchev–Trinajstić information content (AvgIpc) is 3.21. The molecular formula is C30H43GeZr. The summed E-state index contributed by atoms with van der Waals surface area (Å²) < 4.78 is 7.24. The van der Waals surface area contributed by atoms with E-state index in [0.29, 0.717) is 7.25 Å². The Balaban J connectivity index is 2.03. The third kappa shape index (κ3) is 3.39. The van der Waals surface area contributed by atoms with E-state index in [9.17, 15) is 0 Å². The summed E-state index contributed by atoms with van der Waals surface area (Å²) in [5.41, 5.74) is 13.4. The monoisotopic (exact) mass is 567 g/mol. The molecule has 0 aliphatic heterocycles. The van der Waals surface area contributed by atoms with Crippen molar-refractivity contribution >= 4 is 21.7 Å². The van der Waals surface area contributed by atoms with Crippen LogP contribution in [-0.2, 0) is 16.3 Å². The topological polar surface area (TPSA) is 0 Å². The molecule has 0 saturated carbocycles. The molecule has 0 amide bonds. The summed E-state index contributed by atoms with van der Waals surface area (Å²) >= 11 is -3.38. The summed E-state index contributed by atoms with van der Waals surface area (Å²) in [6.07, 6.45) is 4.93. The van der Waals surface area contributed by atoms with Crippen LogP contribution < -0.4 is 0 Å². The second-order valence-corrected chi connectivity index (χ2v) is 70.2. The van der Waals surface area contributed by atoms with Gasteiger partial charge in [0.2, 0.25) is 0 Å². The van der Waals surface area contributed by atoms with Crippen molar-refractivity contribution in [1.29, 1.82) is 0 Å². The molecule has 2 aliphatic rings. The Bertz CT molecular complexity index is 1020. The van der Waals surface area contributed by atoms with Gasteiger partial charge in [0.15, 0.2) is 0 Å². The van der Waals surface area contributed by atoms with Gasteiger partial charge in [-0.15, -0.1) is 0 Å². The quantitative estimate of drug-likeness (QED) is 0.293. The Morgan fingerprint density at radius 3 is 1.41 bits per heavy atom. The summed E-state index contributed by atoms with van der Waals surface area (Å²) in [7, 11) is -1.56. The molecule has 0 radical (unpaired) electrons.